The van der Waals surface area contributed by atoms with Gasteiger partial charge in [-0.15, -0.1) is 11.3 Å². The van der Waals surface area contributed by atoms with E-state index in [4.69, 9.17) is 5.73 Å². The number of nitrogens with two attached hydrogens (primary N) is 1. The molecule has 1 aromatic rings. The molecule has 0 spiro atoms. The Kier molecular flexibility index (Phi) is 2.80. The Morgan fingerprint density at radius 3 is 2.87 bits per heavy atom. The van der Waals surface area contributed by atoms with Crippen molar-refractivity contribution in [3.8, 4) is 0 Å². The summed E-state index contributed by atoms with van der Waals surface area (Å²) in [4.78, 5) is 13.9. The van der Waals surface area contributed by atoms with Crippen LogP contribution < -0.4 is 11.1 Å². The first-order valence-corrected chi connectivity index (χ1v) is 6.08. The first-order valence-electron chi connectivity index (χ1n) is 5.26. The Morgan fingerprint density at radius 2 is 2.27 bits per heavy atom. The van der Waals surface area contributed by atoms with Crippen LogP contribution in [0.4, 0.5) is 0 Å². The molecule has 1 aromatic heterocycles. The van der Waals surface area contributed by atoms with E-state index in [2.05, 4.69) is 19.2 Å². The monoisotopic (exact) mass is 224 g/mol. The van der Waals surface area contributed by atoms with Gasteiger partial charge >= 0.3 is 0 Å². The number of carbonyl (C=O) groups is 1. The van der Waals surface area contributed by atoms with Crippen molar-refractivity contribution in [2.45, 2.75) is 32.7 Å². The van der Waals surface area contributed by atoms with E-state index in [1.165, 1.54) is 10.4 Å². The second kappa shape index (κ2) is 3.94. The molecule has 0 aliphatic carbocycles. The molecule has 1 aliphatic rings. The zero-order valence-corrected chi connectivity index (χ0v) is 9.91. The number of thiophene rings is 1. The fourth-order valence-electron chi connectivity index (χ4n) is 2.03. The van der Waals surface area contributed by atoms with Gasteiger partial charge in [-0.25, -0.2) is 0 Å². The topological polar surface area (TPSA) is 55.1 Å². The van der Waals surface area contributed by atoms with E-state index >= 15 is 0 Å². The van der Waals surface area contributed by atoms with E-state index in [0.717, 1.165) is 30.0 Å². The molecule has 3 N–H and O–H groups in total. The quantitative estimate of drug-likeness (QED) is 0.802. The highest BCUT2D eigenvalue weighted by atomic mass is 32.1. The summed E-state index contributed by atoms with van der Waals surface area (Å²) < 4.78 is 0. The Morgan fingerprint density at radius 1 is 1.53 bits per heavy atom. The molecule has 2 heterocycles. The standard InChI is InChI=1S/C11H16N2OS/c1-6(2)10-9(11(12)14)7-3-4-13-5-8(7)15-10/h6,13H,3-5H2,1-2H3,(H2,12,14). The minimum Gasteiger partial charge on any atom is -0.366 e. The number of rotatable bonds is 2. The Balaban J connectivity index is 2.56. The molecule has 15 heavy (non-hydrogen) atoms. The van der Waals surface area contributed by atoms with Crippen molar-refractivity contribution in [2.75, 3.05) is 6.54 Å². The normalized spacial score (nSPS) is 15.4. The molecule has 4 heteroatoms. The average Bonchev–Trinajstić information content (AvgIpc) is 2.56. The largest absolute Gasteiger partial charge is 0.366 e. The number of fused-ring (bicyclic) bond motifs is 1. The van der Waals surface area contributed by atoms with Crippen LogP contribution in [0.15, 0.2) is 0 Å². The number of nitrogens with one attached hydrogen (secondary N) is 1. The van der Waals surface area contributed by atoms with Crippen LogP contribution in [0.2, 0.25) is 0 Å². The SMILES string of the molecule is CC(C)c1sc2c(c1C(N)=O)CCNC2. The molecule has 2 rings (SSSR count). The van der Waals surface area contributed by atoms with Gasteiger partial charge in [0.05, 0.1) is 5.56 Å². The van der Waals surface area contributed by atoms with Crippen LogP contribution in [0.1, 0.15) is 45.4 Å². The lowest BCUT2D eigenvalue weighted by Crippen LogP contribution is -2.24. The minimum absolute atomic E-state index is 0.266. The van der Waals surface area contributed by atoms with Gasteiger partial charge in [-0.3, -0.25) is 4.79 Å². The van der Waals surface area contributed by atoms with Crippen LogP contribution in [-0.4, -0.2) is 12.5 Å². The third-order valence-electron chi connectivity index (χ3n) is 2.73. The van der Waals surface area contributed by atoms with Crippen LogP contribution in [-0.2, 0) is 13.0 Å². The van der Waals surface area contributed by atoms with Gasteiger partial charge in [-0.1, -0.05) is 13.8 Å². The molecule has 0 saturated carbocycles. The molecule has 0 unspecified atom stereocenters. The highest BCUT2D eigenvalue weighted by Gasteiger charge is 2.24. The third kappa shape index (κ3) is 1.79. The summed E-state index contributed by atoms with van der Waals surface area (Å²) in [6.45, 7) is 6.04. The molecular weight excluding hydrogens is 208 g/mol. The smallest absolute Gasteiger partial charge is 0.250 e. The summed E-state index contributed by atoms with van der Waals surface area (Å²) >= 11 is 1.74. The summed E-state index contributed by atoms with van der Waals surface area (Å²) in [5.41, 5.74) is 7.46. The Hall–Kier alpha value is -0.870. The van der Waals surface area contributed by atoms with Crippen LogP contribution >= 0.6 is 11.3 Å². The van der Waals surface area contributed by atoms with Crippen molar-refractivity contribution in [2.24, 2.45) is 5.73 Å². The fraction of sp³-hybridized carbons (Fsp3) is 0.545. The van der Waals surface area contributed by atoms with Gasteiger partial charge in [-0.2, -0.15) is 0 Å². The van der Waals surface area contributed by atoms with E-state index in [9.17, 15) is 4.79 Å². The van der Waals surface area contributed by atoms with Crippen molar-refractivity contribution < 1.29 is 4.79 Å². The highest BCUT2D eigenvalue weighted by Crippen LogP contribution is 2.35. The summed E-state index contributed by atoms with van der Waals surface area (Å²) in [7, 11) is 0. The maximum atomic E-state index is 11.5. The van der Waals surface area contributed by atoms with Gasteiger partial charge in [0.15, 0.2) is 0 Å². The van der Waals surface area contributed by atoms with Gasteiger partial charge in [0.25, 0.3) is 0 Å². The molecule has 0 aromatic carbocycles. The van der Waals surface area contributed by atoms with Crippen LogP contribution in [0.25, 0.3) is 0 Å². The number of primary amides is 1. The second-order valence-electron chi connectivity index (χ2n) is 4.19. The lowest BCUT2D eigenvalue weighted by Gasteiger charge is -2.13. The molecule has 0 radical (unpaired) electrons. The predicted molar refractivity (Wildman–Crippen MR) is 62.3 cm³/mol. The number of carbonyl (C=O) groups excluding carboxylic acids is 1. The predicted octanol–water partition coefficient (Wildman–Crippen LogP) is 1.62. The minimum atomic E-state index is -0.266. The molecule has 0 saturated heterocycles. The second-order valence-corrected chi connectivity index (χ2v) is 5.33. The maximum Gasteiger partial charge on any atom is 0.250 e. The first kappa shape index (κ1) is 10.6. The van der Waals surface area contributed by atoms with Crippen LogP contribution in [0.3, 0.4) is 0 Å². The molecule has 1 amide bonds. The molecule has 0 atom stereocenters. The van der Waals surface area contributed by atoms with Crippen LogP contribution in [0.5, 0.6) is 0 Å². The summed E-state index contributed by atoms with van der Waals surface area (Å²) in [5.74, 6) is 0.112. The molecule has 1 aliphatic heterocycles. The lowest BCUT2D eigenvalue weighted by atomic mass is 9.98. The van der Waals surface area contributed by atoms with Crippen molar-refractivity contribution in [3.63, 3.8) is 0 Å². The van der Waals surface area contributed by atoms with Crippen molar-refractivity contribution in [1.29, 1.82) is 0 Å². The average molecular weight is 224 g/mol. The summed E-state index contributed by atoms with van der Waals surface area (Å²) in [5, 5.41) is 3.32. The molecule has 0 fully saturated rings. The third-order valence-corrected chi connectivity index (χ3v) is 4.26. The number of hydrogen-bond donors (Lipinski definition) is 2. The molecular formula is C11H16N2OS. The number of hydrogen-bond acceptors (Lipinski definition) is 3. The Bertz CT molecular complexity index is 396. The van der Waals surface area contributed by atoms with Gasteiger partial charge in [0.1, 0.15) is 0 Å². The summed E-state index contributed by atoms with van der Waals surface area (Å²) in [6, 6.07) is 0. The zero-order valence-electron chi connectivity index (χ0n) is 9.09. The van der Waals surface area contributed by atoms with E-state index in [0.29, 0.717) is 5.92 Å². The van der Waals surface area contributed by atoms with E-state index in [-0.39, 0.29) is 5.91 Å². The van der Waals surface area contributed by atoms with E-state index < -0.39 is 0 Å². The number of amides is 1. The molecule has 0 bridgehead atoms. The lowest BCUT2D eigenvalue weighted by molar-refractivity contribution is 0.0998. The van der Waals surface area contributed by atoms with Gasteiger partial charge < -0.3 is 11.1 Å². The first-order chi connectivity index (χ1) is 7.11. The maximum absolute atomic E-state index is 11.5. The van der Waals surface area contributed by atoms with Gasteiger partial charge in [0, 0.05) is 16.3 Å². The Labute approximate surface area is 93.7 Å². The van der Waals surface area contributed by atoms with Crippen molar-refractivity contribution in [1.82, 2.24) is 5.32 Å². The van der Waals surface area contributed by atoms with E-state index in [1.54, 1.807) is 11.3 Å². The fourth-order valence-corrected chi connectivity index (χ4v) is 3.36. The highest BCUT2D eigenvalue weighted by molar-refractivity contribution is 7.12. The van der Waals surface area contributed by atoms with Crippen molar-refractivity contribution in [3.05, 3.63) is 20.9 Å². The van der Waals surface area contributed by atoms with Gasteiger partial charge in [-0.05, 0) is 24.4 Å². The summed E-state index contributed by atoms with van der Waals surface area (Å²) in [6.07, 6.45) is 0.927. The molecule has 82 valence electrons. The zero-order chi connectivity index (χ0) is 11.0. The van der Waals surface area contributed by atoms with Gasteiger partial charge in [0.2, 0.25) is 5.91 Å². The molecule has 3 nitrogen and oxygen atoms in total. The van der Waals surface area contributed by atoms with Crippen molar-refractivity contribution >= 4 is 17.2 Å². The van der Waals surface area contributed by atoms with E-state index in [1.807, 2.05) is 0 Å². The van der Waals surface area contributed by atoms with Crippen LogP contribution in [0, 0.1) is 0 Å².